The first-order valence-electron chi connectivity index (χ1n) is 5.79. The standard InChI is InChI=1S/C11H14BrNO6S/c12-4-1-6(20-3-4)10(18)13-11-9(17)8(16)7(15)5(2-14)19-11/h1,3,5,7-9,11,14-17H,2H2,(H,13,18)/t5-,7-,8+,9-,11?/m1/s1. The van der Waals surface area contributed by atoms with E-state index < -0.39 is 43.2 Å². The number of nitrogens with one attached hydrogen (secondary N) is 1. The molecule has 5 N–H and O–H groups in total. The number of ether oxygens (including phenoxy) is 1. The predicted molar refractivity (Wildman–Crippen MR) is 73.3 cm³/mol. The number of rotatable bonds is 3. The molecule has 1 aromatic heterocycles. The quantitative estimate of drug-likeness (QED) is 0.469. The predicted octanol–water partition coefficient (Wildman–Crippen LogP) is -0.960. The number of amides is 1. The molecule has 1 unspecified atom stereocenters. The molecule has 112 valence electrons. The van der Waals surface area contributed by atoms with Crippen LogP contribution in [0.5, 0.6) is 0 Å². The molecule has 1 aliphatic heterocycles. The fourth-order valence-electron chi connectivity index (χ4n) is 1.85. The second kappa shape index (κ2) is 6.48. The van der Waals surface area contributed by atoms with E-state index in [1.165, 1.54) is 11.3 Å². The third-order valence-corrected chi connectivity index (χ3v) is 4.65. The molecule has 0 bridgehead atoms. The zero-order valence-corrected chi connectivity index (χ0v) is 12.5. The minimum atomic E-state index is -1.51. The van der Waals surface area contributed by atoms with Gasteiger partial charge in [-0.15, -0.1) is 11.3 Å². The van der Waals surface area contributed by atoms with Crippen LogP contribution in [0.25, 0.3) is 0 Å². The summed E-state index contributed by atoms with van der Waals surface area (Å²) in [4.78, 5) is 12.3. The molecular formula is C11H14BrNO6S. The van der Waals surface area contributed by atoms with Gasteiger partial charge < -0.3 is 30.5 Å². The van der Waals surface area contributed by atoms with Crippen molar-refractivity contribution < 1.29 is 30.0 Å². The van der Waals surface area contributed by atoms with E-state index in [2.05, 4.69) is 21.2 Å². The normalized spacial score (nSPS) is 34.0. The highest BCUT2D eigenvalue weighted by Gasteiger charge is 2.44. The summed E-state index contributed by atoms with van der Waals surface area (Å²) in [5.74, 6) is -0.481. The molecular weight excluding hydrogens is 354 g/mol. The minimum Gasteiger partial charge on any atom is -0.394 e. The molecule has 2 heterocycles. The fraction of sp³-hybridized carbons (Fsp3) is 0.545. The minimum absolute atomic E-state index is 0.397. The van der Waals surface area contributed by atoms with Crippen molar-refractivity contribution >= 4 is 33.2 Å². The number of halogens is 1. The molecule has 0 saturated carbocycles. The highest BCUT2D eigenvalue weighted by Crippen LogP contribution is 2.22. The van der Waals surface area contributed by atoms with E-state index in [1.807, 2.05) is 0 Å². The van der Waals surface area contributed by atoms with E-state index >= 15 is 0 Å². The average Bonchev–Trinajstić information content (AvgIpc) is 2.86. The lowest BCUT2D eigenvalue weighted by atomic mass is 9.98. The summed E-state index contributed by atoms with van der Waals surface area (Å²) in [7, 11) is 0. The van der Waals surface area contributed by atoms with Gasteiger partial charge in [0.05, 0.1) is 11.5 Å². The first-order chi connectivity index (χ1) is 9.43. The molecule has 0 spiro atoms. The molecule has 7 nitrogen and oxygen atoms in total. The molecule has 9 heteroatoms. The summed E-state index contributed by atoms with van der Waals surface area (Å²) in [5.41, 5.74) is 0. The molecule has 1 saturated heterocycles. The lowest BCUT2D eigenvalue weighted by Crippen LogP contribution is -2.63. The van der Waals surface area contributed by atoms with Gasteiger partial charge in [-0.2, -0.15) is 0 Å². The van der Waals surface area contributed by atoms with Crippen molar-refractivity contribution in [3.63, 3.8) is 0 Å². The zero-order chi connectivity index (χ0) is 14.9. The summed E-state index contributed by atoms with van der Waals surface area (Å²) in [6, 6.07) is 1.60. The van der Waals surface area contributed by atoms with E-state index in [9.17, 15) is 20.1 Å². The molecule has 1 aromatic rings. The van der Waals surface area contributed by atoms with Gasteiger partial charge in [0.1, 0.15) is 24.4 Å². The summed E-state index contributed by atoms with van der Waals surface area (Å²) < 4.78 is 5.93. The molecule has 0 radical (unpaired) electrons. The Labute approximate surface area is 126 Å². The van der Waals surface area contributed by atoms with E-state index in [0.717, 1.165) is 4.47 Å². The van der Waals surface area contributed by atoms with Gasteiger partial charge in [0.25, 0.3) is 5.91 Å². The Morgan fingerprint density at radius 3 is 2.60 bits per heavy atom. The van der Waals surface area contributed by atoms with Gasteiger partial charge in [-0.1, -0.05) is 0 Å². The summed E-state index contributed by atoms with van der Waals surface area (Å²) >= 11 is 4.42. The second-order valence-corrected chi connectivity index (χ2v) is 6.18. The fourth-order valence-corrected chi connectivity index (χ4v) is 3.18. The van der Waals surface area contributed by atoms with Crippen LogP contribution in [0.4, 0.5) is 0 Å². The first kappa shape index (κ1) is 15.8. The Morgan fingerprint density at radius 2 is 2.05 bits per heavy atom. The van der Waals surface area contributed by atoms with E-state index in [1.54, 1.807) is 11.4 Å². The van der Waals surface area contributed by atoms with Gasteiger partial charge in [0.2, 0.25) is 0 Å². The van der Waals surface area contributed by atoms with Crippen LogP contribution >= 0.6 is 27.3 Å². The van der Waals surface area contributed by atoms with Gasteiger partial charge in [-0.3, -0.25) is 4.79 Å². The summed E-state index contributed by atoms with van der Waals surface area (Å²) in [5, 5.41) is 42.2. The molecule has 20 heavy (non-hydrogen) atoms. The maximum absolute atomic E-state index is 11.9. The Kier molecular flexibility index (Phi) is 5.13. The van der Waals surface area contributed by atoms with E-state index in [0.29, 0.717) is 4.88 Å². The number of carbonyl (C=O) groups is 1. The second-order valence-electron chi connectivity index (χ2n) is 4.35. The lowest BCUT2D eigenvalue weighted by molar-refractivity contribution is -0.233. The third-order valence-electron chi connectivity index (χ3n) is 2.96. The van der Waals surface area contributed by atoms with Gasteiger partial charge in [0.15, 0.2) is 6.23 Å². The van der Waals surface area contributed by atoms with Crippen LogP contribution in [-0.2, 0) is 4.74 Å². The number of carbonyl (C=O) groups excluding carboxylic acids is 1. The highest BCUT2D eigenvalue weighted by atomic mass is 79.9. The number of aliphatic hydroxyl groups is 4. The zero-order valence-electron chi connectivity index (χ0n) is 10.1. The smallest absolute Gasteiger partial charge is 0.263 e. The van der Waals surface area contributed by atoms with Crippen molar-refractivity contribution in [2.45, 2.75) is 30.6 Å². The number of aliphatic hydroxyl groups excluding tert-OH is 4. The van der Waals surface area contributed by atoms with Gasteiger partial charge in [-0.05, 0) is 22.0 Å². The summed E-state index contributed by atoms with van der Waals surface area (Å²) in [6.45, 7) is -0.540. The molecule has 5 atom stereocenters. The molecule has 0 aromatic carbocycles. The molecule has 2 rings (SSSR count). The lowest BCUT2D eigenvalue weighted by Gasteiger charge is -2.40. The Hall–Kier alpha value is -0.550. The maximum atomic E-state index is 11.9. The number of hydrogen-bond acceptors (Lipinski definition) is 7. The first-order valence-corrected chi connectivity index (χ1v) is 7.46. The summed E-state index contributed by atoms with van der Waals surface area (Å²) in [6.07, 6.45) is -6.70. The molecule has 1 fully saturated rings. The van der Waals surface area contributed by atoms with Crippen molar-refractivity contribution in [2.75, 3.05) is 6.61 Å². The molecule has 1 amide bonds. The highest BCUT2D eigenvalue weighted by molar-refractivity contribution is 9.10. The largest absolute Gasteiger partial charge is 0.394 e. The Bertz CT molecular complexity index is 481. The van der Waals surface area contributed by atoms with Crippen molar-refractivity contribution in [3.05, 3.63) is 20.8 Å². The van der Waals surface area contributed by atoms with Gasteiger partial charge >= 0.3 is 0 Å². The van der Waals surface area contributed by atoms with Crippen LogP contribution in [0, 0.1) is 0 Å². The maximum Gasteiger partial charge on any atom is 0.263 e. The van der Waals surface area contributed by atoms with Crippen LogP contribution in [0.15, 0.2) is 15.9 Å². The number of thiophene rings is 1. The monoisotopic (exact) mass is 367 g/mol. The van der Waals surface area contributed by atoms with Crippen molar-refractivity contribution in [3.8, 4) is 0 Å². The van der Waals surface area contributed by atoms with Crippen LogP contribution in [0.1, 0.15) is 9.67 Å². The van der Waals surface area contributed by atoms with Gasteiger partial charge in [-0.25, -0.2) is 0 Å². The van der Waals surface area contributed by atoms with Crippen LogP contribution < -0.4 is 5.32 Å². The van der Waals surface area contributed by atoms with Crippen molar-refractivity contribution in [1.82, 2.24) is 5.32 Å². The number of hydrogen-bond donors (Lipinski definition) is 5. The molecule has 0 aliphatic carbocycles. The van der Waals surface area contributed by atoms with Crippen LogP contribution in [0.2, 0.25) is 0 Å². The van der Waals surface area contributed by atoms with Crippen LogP contribution in [-0.4, -0.2) is 63.6 Å². The van der Waals surface area contributed by atoms with E-state index in [-0.39, 0.29) is 0 Å². The SMILES string of the molecule is O=C(NC1O[C@H](CO)[C@@H](O)[C@H](O)[C@H]1O)c1cc(Br)cs1. The topological polar surface area (TPSA) is 119 Å². The third kappa shape index (κ3) is 3.19. The van der Waals surface area contributed by atoms with E-state index in [4.69, 9.17) is 9.84 Å². The van der Waals surface area contributed by atoms with Gasteiger partial charge in [0, 0.05) is 9.85 Å². The Balaban J connectivity index is 2.06. The van der Waals surface area contributed by atoms with Crippen LogP contribution in [0.3, 0.4) is 0 Å². The molecule has 1 aliphatic rings. The van der Waals surface area contributed by atoms with Crippen molar-refractivity contribution in [1.29, 1.82) is 0 Å². The Morgan fingerprint density at radius 1 is 1.35 bits per heavy atom. The van der Waals surface area contributed by atoms with Crippen molar-refractivity contribution in [2.24, 2.45) is 0 Å². The average molecular weight is 368 g/mol.